The van der Waals surface area contributed by atoms with Crippen LogP contribution in [0.15, 0.2) is 0 Å². The number of amides is 1. The second-order valence-electron chi connectivity index (χ2n) is 1.58. The zero-order chi connectivity index (χ0) is 7.98. The molecule has 0 aliphatic heterocycles. The van der Waals surface area contributed by atoms with E-state index in [2.05, 4.69) is 0 Å². The SMILES string of the molecule is NC(=O)CSCC[N+](=O)[O-]. The quantitative estimate of drug-likeness (QED) is 0.336. The van der Waals surface area contributed by atoms with Gasteiger partial charge in [0.15, 0.2) is 0 Å². The molecule has 0 saturated carbocycles. The number of carbonyl (C=O) groups excluding carboxylic acids is 1. The van der Waals surface area contributed by atoms with Gasteiger partial charge in [-0.3, -0.25) is 14.9 Å². The standard InChI is InChI=1S/C4H8N2O3S/c5-4(7)3-10-2-1-6(8)9/h1-3H2,(H2,5,7). The molecular weight excluding hydrogens is 156 g/mol. The first kappa shape index (κ1) is 9.22. The van der Waals surface area contributed by atoms with Crippen LogP contribution < -0.4 is 5.73 Å². The van der Waals surface area contributed by atoms with Gasteiger partial charge in [0.1, 0.15) is 0 Å². The first-order chi connectivity index (χ1) is 4.63. The fraction of sp³-hybridized carbons (Fsp3) is 0.750. The minimum atomic E-state index is -0.437. The van der Waals surface area contributed by atoms with Gasteiger partial charge in [0.25, 0.3) is 0 Å². The Morgan fingerprint density at radius 1 is 1.70 bits per heavy atom. The number of thioether (sulfide) groups is 1. The van der Waals surface area contributed by atoms with Gasteiger partial charge in [0.05, 0.1) is 11.5 Å². The molecule has 0 atom stereocenters. The summed E-state index contributed by atoms with van der Waals surface area (Å²) < 4.78 is 0. The molecule has 0 aliphatic rings. The Bertz CT molecular complexity index is 122. The fourth-order valence-electron chi connectivity index (χ4n) is 0.312. The second kappa shape index (κ2) is 5.04. The number of nitro groups is 1. The van der Waals surface area contributed by atoms with Crippen LogP contribution in [0.2, 0.25) is 0 Å². The number of hydrogen-bond acceptors (Lipinski definition) is 4. The van der Waals surface area contributed by atoms with E-state index in [1.807, 2.05) is 0 Å². The molecule has 0 aromatic rings. The van der Waals surface area contributed by atoms with Crippen molar-refractivity contribution in [1.82, 2.24) is 0 Å². The highest BCUT2D eigenvalue weighted by Gasteiger charge is 1.98. The highest BCUT2D eigenvalue weighted by Crippen LogP contribution is 1.96. The lowest BCUT2D eigenvalue weighted by molar-refractivity contribution is -0.474. The predicted octanol–water partition coefficient (Wildman–Crippen LogP) is -0.518. The smallest absolute Gasteiger partial charge is 0.227 e. The minimum absolute atomic E-state index is 0.113. The van der Waals surface area contributed by atoms with E-state index in [4.69, 9.17) is 5.73 Å². The summed E-state index contributed by atoms with van der Waals surface area (Å²) in [5.41, 5.74) is 4.78. The van der Waals surface area contributed by atoms with Crippen molar-refractivity contribution in [3.8, 4) is 0 Å². The summed E-state index contributed by atoms with van der Waals surface area (Å²) >= 11 is 1.17. The third-order valence-electron chi connectivity index (χ3n) is 0.663. The highest BCUT2D eigenvalue weighted by molar-refractivity contribution is 7.99. The molecular formula is C4H8N2O3S. The molecule has 0 radical (unpaired) electrons. The van der Waals surface area contributed by atoms with Gasteiger partial charge in [0.2, 0.25) is 12.5 Å². The second-order valence-corrected chi connectivity index (χ2v) is 2.68. The predicted molar refractivity (Wildman–Crippen MR) is 38.4 cm³/mol. The molecule has 0 heterocycles. The average molecular weight is 164 g/mol. The molecule has 2 N–H and O–H groups in total. The Morgan fingerprint density at radius 2 is 2.30 bits per heavy atom. The third-order valence-corrected chi connectivity index (χ3v) is 1.62. The van der Waals surface area contributed by atoms with Gasteiger partial charge in [-0.2, -0.15) is 0 Å². The van der Waals surface area contributed by atoms with Crippen LogP contribution in [0.25, 0.3) is 0 Å². The summed E-state index contributed by atoms with van der Waals surface area (Å²) in [4.78, 5) is 19.4. The summed E-state index contributed by atoms with van der Waals surface area (Å²) in [6.45, 7) is -0.113. The lowest BCUT2D eigenvalue weighted by atomic mass is 10.8. The molecule has 58 valence electrons. The molecule has 10 heavy (non-hydrogen) atoms. The number of primary amides is 1. The van der Waals surface area contributed by atoms with Crippen molar-refractivity contribution in [2.45, 2.75) is 0 Å². The Balaban J connectivity index is 3.06. The molecule has 0 unspecified atom stereocenters. The van der Waals surface area contributed by atoms with E-state index in [0.29, 0.717) is 5.75 Å². The van der Waals surface area contributed by atoms with Gasteiger partial charge in [-0.15, -0.1) is 11.8 Å². The van der Waals surface area contributed by atoms with Crippen LogP contribution in [-0.4, -0.2) is 28.9 Å². The fourth-order valence-corrected chi connectivity index (χ4v) is 0.936. The maximum atomic E-state index is 10.1. The molecule has 1 amide bonds. The molecule has 0 fully saturated rings. The van der Waals surface area contributed by atoms with Gasteiger partial charge in [0, 0.05) is 4.92 Å². The molecule has 0 bridgehead atoms. The summed E-state index contributed by atoms with van der Waals surface area (Å²) in [6, 6.07) is 0. The summed E-state index contributed by atoms with van der Waals surface area (Å²) in [5, 5.41) is 9.72. The van der Waals surface area contributed by atoms with Gasteiger partial charge in [-0.05, 0) is 0 Å². The van der Waals surface area contributed by atoms with Crippen LogP contribution in [0.4, 0.5) is 0 Å². The average Bonchev–Trinajstić information content (AvgIpc) is 1.79. The van der Waals surface area contributed by atoms with E-state index < -0.39 is 10.8 Å². The minimum Gasteiger partial charge on any atom is -0.369 e. The van der Waals surface area contributed by atoms with Crippen LogP contribution in [0, 0.1) is 10.1 Å². The molecule has 0 aliphatic carbocycles. The van der Waals surface area contributed by atoms with Gasteiger partial charge < -0.3 is 5.73 Å². The van der Waals surface area contributed by atoms with E-state index in [1.54, 1.807) is 0 Å². The van der Waals surface area contributed by atoms with Crippen molar-refractivity contribution in [2.24, 2.45) is 5.73 Å². The zero-order valence-corrected chi connectivity index (χ0v) is 6.10. The van der Waals surface area contributed by atoms with Gasteiger partial charge >= 0.3 is 0 Å². The summed E-state index contributed by atoms with van der Waals surface area (Å²) in [5.74, 6) is 0.0670. The first-order valence-electron chi connectivity index (χ1n) is 2.61. The van der Waals surface area contributed by atoms with E-state index in [0.717, 1.165) is 0 Å². The molecule has 0 saturated heterocycles. The van der Waals surface area contributed by atoms with Gasteiger partial charge in [-0.1, -0.05) is 0 Å². The van der Waals surface area contributed by atoms with E-state index in [9.17, 15) is 14.9 Å². The van der Waals surface area contributed by atoms with Crippen molar-refractivity contribution in [1.29, 1.82) is 0 Å². The van der Waals surface area contributed by atoms with Crippen LogP contribution in [0.5, 0.6) is 0 Å². The molecule has 0 aromatic carbocycles. The third kappa shape index (κ3) is 7.22. The monoisotopic (exact) mass is 164 g/mol. The number of nitrogens with zero attached hydrogens (tertiary/aromatic N) is 1. The molecule has 0 aromatic heterocycles. The molecule has 0 rings (SSSR count). The Labute approximate surface area is 62.1 Å². The number of rotatable bonds is 5. The lowest BCUT2D eigenvalue weighted by Crippen LogP contribution is -2.14. The van der Waals surface area contributed by atoms with Gasteiger partial charge in [-0.25, -0.2) is 0 Å². The van der Waals surface area contributed by atoms with Crippen molar-refractivity contribution < 1.29 is 9.72 Å². The zero-order valence-electron chi connectivity index (χ0n) is 5.28. The molecule has 0 spiro atoms. The lowest BCUT2D eigenvalue weighted by Gasteiger charge is -1.92. The summed E-state index contributed by atoms with van der Waals surface area (Å²) in [6.07, 6.45) is 0. The summed E-state index contributed by atoms with van der Waals surface area (Å²) in [7, 11) is 0. The molecule has 6 heteroatoms. The maximum absolute atomic E-state index is 10.1. The van der Waals surface area contributed by atoms with Crippen LogP contribution in [0.1, 0.15) is 0 Å². The van der Waals surface area contributed by atoms with Crippen LogP contribution >= 0.6 is 11.8 Å². The maximum Gasteiger partial charge on any atom is 0.227 e. The number of nitrogens with two attached hydrogens (primary N) is 1. The Kier molecular flexibility index (Phi) is 4.65. The van der Waals surface area contributed by atoms with E-state index in [-0.39, 0.29) is 12.3 Å². The van der Waals surface area contributed by atoms with Crippen LogP contribution in [0.3, 0.4) is 0 Å². The van der Waals surface area contributed by atoms with Crippen molar-refractivity contribution in [3.63, 3.8) is 0 Å². The first-order valence-corrected chi connectivity index (χ1v) is 3.76. The van der Waals surface area contributed by atoms with Crippen molar-refractivity contribution >= 4 is 17.7 Å². The Hall–Kier alpha value is -0.780. The van der Waals surface area contributed by atoms with E-state index in [1.165, 1.54) is 11.8 Å². The topological polar surface area (TPSA) is 86.2 Å². The van der Waals surface area contributed by atoms with Crippen LogP contribution in [-0.2, 0) is 4.79 Å². The number of hydrogen-bond donors (Lipinski definition) is 1. The largest absolute Gasteiger partial charge is 0.369 e. The van der Waals surface area contributed by atoms with Crippen molar-refractivity contribution in [3.05, 3.63) is 10.1 Å². The molecule has 5 nitrogen and oxygen atoms in total. The Morgan fingerprint density at radius 3 is 2.70 bits per heavy atom. The highest BCUT2D eigenvalue weighted by atomic mass is 32.2. The van der Waals surface area contributed by atoms with E-state index >= 15 is 0 Å². The van der Waals surface area contributed by atoms with Crippen molar-refractivity contribution in [2.75, 3.05) is 18.1 Å². The normalized spacial score (nSPS) is 9.20. The number of carbonyl (C=O) groups is 1.